The Hall–Kier alpha value is -1.95. The molecule has 4 fully saturated rings. The van der Waals surface area contributed by atoms with Gasteiger partial charge in [0.05, 0.1) is 11.8 Å². The first kappa shape index (κ1) is 18.8. The highest BCUT2D eigenvalue weighted by atomic mass is 79.9. The van der Waals surface area contributed by atoms with Crippen LogP contribution in [0, 0.1) is 41.4 Å². The number of hydrogen-bond donors (Lipinski definition) is 1. The van der Waals surface area contributed by atoms with Crippen LogP contribution in [0.4, 0.5) is 5.69 Å². The first-order valence-electron chi connectivity index (χ1n) is 11.1. The molecule has 5 nitrogen and oxygen atoms in total. The van der Waals surface area contributed by atoms with Crippen molar-refractivity contribution >= 4 is 39.3 Å². The summed E-state index contributed by atoms with van der Waals surface area (Å²) in [5, 5.41) is 3.00. The molecule has 7 rings (SSSR count). The van der Waals surface area contributed by atoms with Gasteiger partial charge >= 0.3 is 0 Å². The maximum absolute atomic E-state index is 13.3. The molecule has 5 aliphatic carbocycles. The van der Waals surface area contributed by atoms with Crippen LogP contribution in [0.2, 0.25) is 0 Å². The largest absolute Gasteiger partial charge is 0.326 e. The Kier molecular flexibility index (Phi) is 4.24. The Bertz CT molecular complexity index is 914. The average molecular weight is 469 g/mol. The molecule has 0 spiro atoms. The van der Waals surface area contributed by atoms with Gasteiger partial charge in [-0.3, -0.25) is 19.3 Å². The predicted molar refractivity (Wildman–Crippen MR) is 115 cm³/mol. The van der Waals surface area contributed by atoms with Gasteiger partial charge in [-0.1, -0.05) is 28.1 Å². The second kappa shape index (κ2) is 6.78. The van der Waals surface area contributed by atoms with Crippen LogP contribution in [0.5, 0.6) is 0 Å². The SMILES string of the molecule is O=C(Nc1ccc(Br)cc1)C1CCC(N2C(=O)[C@@H]3[C@H]4C=C[C@@H]([C@@H]5C[C@H]45)[C@H]3C2=O)CC1. The number of amides is 3. The molecule has 1 aromatic carbocycles. The van der Waals surface area contributed by atoms with E-state index >= 15 is 0 Å². The van der Waals surface area contributed by atoms with Crippen LogP contribution < -0.4 is 5.32 Å². The number of nitrogens with zero attached hydrogens (tertiary/aromatic N) is 1. The van der Waals surface area contributed by atoms with E-state index in [4.69, 9.17) is 0 Å². The third-order valence-corrected chi connectivity index (χ3v) is 8.77. The van der Waals surface area contributed by atoms with Crippen LogP contribution in [0.25, 0.3) is 0 Å². The smallest absolute Gasteiger partial charge is 0.233 e. The fourth-order valence-corrected chi connectivity index (χ4v) is 6.98. The number of nitrogens with one attached hydrogen (secondary N) is 1. The molecule has 3 saturated carbocycles. The van der Waals surface area contributed by atoms with Gasteiger partial charge < -0.3 is 5.32 Å². The van der Waals surface area contributed by atoms with E-state index in [1.807, 2.05) is 24.3 Å². The van der Waals surface area contributed by atoms with Gasteiger partial charge in [0.15, 0.2) is 0 Å². The highest BCUT2D eigenvalue weighted by molar-refractivity contribution is 9.10. The van der Waals surface area contributed by atoms with E-state index in [0.717, 1.165) is 35.8 Å². The lowest BCUT2D eigenvalue weighted by atomic mass is 9.63. The predicted octanol–water partition coefficient (Wildman–Crippen LogP) is 4.00. The summed E-state index contributed by atoms with van der Waals surface area (Å²) in [7, 11) is 0. The third-order valence-electron chi connectivity index (χ3n) is 8.24. The van der Waals surface area contributed by atoms with Crippen LogP contribution in [-0.2, 0) is 14.4 Å². The molecule has 30 heavy (non-hydrogen) atoms. The van der Waals surface area contributed by atoms with Crippen LogP contribution in [0.3, 0.4) is 0 Å². The maximum Gasteiger partial charge on any atom is 0.233 e. The van der Waals surface area contributed by atoms with E-state index in [1.54, 1.807) is 4.90 Å². The number of carbonyl (C=O) groups is 3. The van der Waals surface area contributed by atoms with E-state index in [2.05, 4.69) is 33.4 Å². The lowest BCUT2D eigenvalue weighted by molar-refractivity contribution is -0.144. The van der Waals surface area contributed by atoms with Gasteiger partial charge in [0.25, 0.3) is 0 Å². The van der Waals surface area contributed by atoms with Gasteiger partial charge in [0.2, 0.25) is 17.7 Å². The third kappa shape index (κ3) is 2.75. The summed E-state index contributed by atoms with van der Waals surface area (Å²) in [6, 6.07) is 7.53. The van der Waals surface area contributed by atoms with Crippen LogP contribution >= 0.6 is 15.9 Å². The van der Waals surface area contributed by atoms with E-state index < -0.39 is 0 Å². The van der Waals surface area contributed by atoms with Gasteiger partial charge in [0, 0.05) is 22.1 Å². The second-order valence-electron chi connectivity index (χ2n) is 9.70. The zero-order chi connectivity index (χ0) is 20.6. The average Bonchev–Trinajstić information content (AvgIpc) is 3.53. The number of likely N-dealkylation sites (tertiary alicyclic amines) is 1. The van der Waals surface area contributed by atoms with Crippen molar-refractivity contribution in [1.29, 1.82) is 0 Å². The van der Waals surface area contributed by atoms with Gasteiger partial charge in [-0.2, -0.15) is 0 Å². The molecule has 2 bridgehead atoms. The molecule has 1 aliphatic heterocycles. The summed E-state index contributed by atoms with van der Waals surface area (Å²) in [5.74, 6) is 1.70. The van der Waals surface area contributed by atoms with Crippen molar-refractivity contribution < 1.29 is 14.4 Å². The van der Waals surface area contributed by atoms with Crippen LogP contribution in [0.15, 0.2) is 40.9 Å². The molecule has 1 N–H and O–H groups in total. The molecule has 0 unspecified atom stereocenters. The van der Waals surface area contributed by atoms with Crippen molar-refractivity contribution in [1.82, 2.24) is 4.90 Å². The summed E-state index contributed by atoms with van der Waals surface area (Å²) >= 11 is 3.40. The Morgan fingerprint density at radius 1 is 0.900 bits per heavy atom. The number of allylic oxidation sites excluding steroid dienone is 2. The summed E-state index contributed by atoms with van der Waals surface area (Å²) in [6.07, 6.45) is 8.52. The second-order valence-corrected chi connectivity index (χ2v) is 10.6. The Balaban J connectivity index is 1.11. The minimum absolute atomic E-state index is 0.0332. The van der Waals surface area contributed by atoms with Crippen molar-refractivity contribution in [2.24, 2.45) is 41.4 Å². The molecule has 1 aromatic rings. The first-order chi connectivity index (χ1) is 14.5. The van der Waals surface area contributed by atoms with Gasteiger partial charge in [0.1, 0.15) is 0 Å². The monoisotopic (exact) mass is 468 g/mol. The van der Waals surface area contributed by atoms with Gasteiger partial charge in [-0.05, 0) is 80.0 Å². The first-order valence-corrected chi connectivity index (χ1v) is 11.9. The van der Waals surface area contributed by atoms with Crippen molar-refractivity contribution in [2.45, 2.75) is 38.1 Å². The normalized spacial score (nSPS) is 40.9. The number of rotatable bonds is 3. The summed E-state index contributed by atoms with van der Waals surface area (Å²) in [6.45, 7) is 0. The zero-order valence-corrected chi connectivity index (χ0v) is 18.3. The number of imide groups is 1. The Morgan fingerprint density at radius 2 is 1.47 bits per heavy atom. The molecule has 6 heteroatoms. The number of benzene rings is 1. The quantitative estimate of drug-likeness (QED) is 0.538. The summed E-state index contributed by atoms with van der Waals surface area (Å²) in [5.41, 5.74) is 0.792. The van der Waals surface area contributed by atoms with Crippen molar-refractivity contribution in [3.63, 3.8) is 0 Å². The fraction of sp³-hybridized carbons (Fsp3) is 0.542. The van der Waals surface area contributed by atoms with E-state index in [-0.39, 0.29) is 53.4 Å². The molecule has 6 atom stereocenters. The Labute approximate surface area is 184 Å². The zero-order valence-electron chi connectivity index (χ0n) is 16.7. The standard InChI is InChI=1S/C24H25BrN2O3/c25-13-3-5-14(6-4-13)26-22(28)12-1-7-15(8-2-12)27-23(29)20-16-9-10-17(19-11-18(16)19)21(20)24(27)30/h3-6,9-10,12,15-21H,1-2,7-8,11H2,(H,26,28)/t12?,15?,16-,17-,18-,19+,20+,21+/m0/s1. The lowest BCUT2D eigenvalue weighted by Crippen LogP contribution is -2.44. The highest BCUT2D eigenvalue weighted by Gasteiger charge is 2.67. The van der Waals surface area contributed by atoms with Crippen LogP contribution in [0.1, 0.15) is 32.1 Å². The molecule has 156 valence electrons. The van der Waals surface area contributed by atoms with Crippen molar-refractivity contribution in [3.05, 3.63) is 40.9 Å². The molecule has 1 heterocycles. The number of anilines is 1. The van der Waals surface area contributed by atoms with Gasteiger partial charge in [-0.15, -0.1) is 0 Å². The topological polar surface area (TPSA) is 66.5 Å². The molecule has 3 amide bonds. The molecule has 1 saturated heterocycles. The fourth-order valence-electron chi connectivity index (χ4n) is 6.71. The lowest BCUT2D eigenvalue weighted by Gasteiger charge is -2.37. The molecular weight excluding hydrogens is 444 g/mol. The van der Waals surface area contributed by atoms with Crippen molar-refractivity contribution in [3.8, 4) is 0 Å². The minimum Gasteiger partial charge on any atom is -0.326 e. The maximum atomic E-state index is 13.3. The molecule has 0 aromatic heterocycles. The molecule has 0 radical (unpaired) electrons. The van der Waals surface area contributed by atoms with Crippen LogP contribution in [-0.4, -0.2) is 28.7 Å². The van der Waals surface area contributed by atoms with E-state index in [0.29, 0.717) is 11.8 Å². The summed E-state index contributed by atoms with van der Waals surface area (Å²) < 4.78 is 0.975. The summed E-state index contributed by atoms with van der Waals surface area (Å²) in [4.78, 5) is 40.8. The molecule has 6 aliphatic rings. The number of hydrogen-bond acceptors (Lipinski definition) is 3. The highest BCUT2D eigenvalue weighted by Crippen LogP contribution is 2.65. The van der Waals surface area contributed by atoms with Crippen molar-refractivity contribution in [2.75, 3.05) is 5.32 Å². The minimum atomic E-state index is -0.116. The van der Waals surface area contributed by atoms with E-state index in [9.17, 15) is 14.4 Å². The Morgan fingerprint density at radius 3 is 2.03 bits per heavy atom. The number of carbonyl (C=O) groups excluding carboxylic acids is 3. The number of halogens is 1. The van der Waals surface area contributed by atoms with Gasteiger partial charge in [-0.25, -0.2) is 0 Å². The van der Waals surface area contributed by atoms with E-state index in [1.165, 1.54) is 6.42 Å². The molecular formula is C24H25BrN2O3.